The first kappa shape index (κ1) is 12.9. The number of thiophene rings is 1. The van der Waals surface area contributed by atoms with E-state index in [9.17, 15) is 0 Å². The molecule has 0 spiro atoms. The highest BCUT2D eigenvalue weighted by molar-refractivity contribution is 7.16. The molecule has 2 rings (SSSR count). The molecule has 0 aliphatic carbocycles. The first-order valence-electron chi connectivity index (χ1n) is 5.61. The summed E-state index contributed by atoms with van der Waals surface area (Å²) in [4.78, 5) is 1.12. The average molecular weight is 285 g/mol. The van der Waals surface area contributed by atoms with E-state index in [1.807, 2.05) is 13.0 Å². The second-order valence-electron chi connectivity index (χ2n) is 4.02. The minimum absolute atomic E-state index is 0.0950. The minimum atomic E-state index is -0.0950. The van der Waals surface area contributed by atoms with Crippen molar-refractivity contribution < 1.29 is 0 Å². The fourth-order valence-corrected chi connectivity index (χ4v) is 3.49. The molecule has 1 aromatic heterocycles. The zero-order valence-corrected chi connectivity index (χ0v) is 12.2. The van der Waals surface area contributed by atoms with Gasteiger partial charge in [-0.2, -0.15) is 0 Å². The van der Waals surface area contributed by atoms with Gasteiger partial charge in [0.25, 0.3) is 0 Å². The second kappa shape index (κ2) is 5.43. The summed E-state index contributed by atoms with van der Waals surface area (Å²) in [7, 11) is 0. The van der Waals surface area contributed by atoms with Crippen molar-refractivity contribution in [2.24, 2.45) is 0 Å². The smallest absolute Gasteiger partial charge is 0.0960 e. The Labute approximate surface area is 116 Å². The van der Waals surface area contributed by atoms with Crippen LogP contribution in [0.25, 0.3) is 0 Å². The number of benzene rings is 1. The summed E-state index contributed by atoms with van der Waals surface area (Å²) in [6.45, 7) is 4.16. The van der Waals surface area contributed by atoms with Crippen LogP contribution in [-0.4, -0.2) is 0 Å². The molecule has 1 aromatic carbocycles. The monoisotopic (exact) mass is 284 g/mol. The minimum Gasteiger partial charge on any atom is -0.126 e. The summed E-state index contributed by atoms with van der Waals surface area (Å²) in [6, 6.07) is 10.4. The molecule has 0 nitrogen and oxygen atoms in total. The van der Waals surface area contributed by atoms with Gasteiger partial charge in [0.05, 0.1) is 9.71 Å². The van der Waals surface area contributed by atoms with Crippen molar-refractivity contribution in [3.05, 3.63) is 56.2 Å². The largest absolute Gasteiger partial charge is 0.126 e. The normalized spacial score (nSPS) is 12.7. The van der Waals surface area contributed by atoms with Gasteiger partial charge in [-0.3, -0.25) is 0 Å². The Morgan fingerprint density at radius 2 is 2.00 bits per heavy atom. The molecule has 0 fully saturated rings. The van der Waals surface area contributed by atoms with E-state index in [-0.39, 0.29) is 5.38 Å². The molecule has 0 saturated heterocycles. The molecular weight excluding hydrogens is 271 g/mol. The molecule has 0 saturated carbocycles. The molecule has 3 heteroatoms. The van der Waals surface area contributed by atoms with E-state index in [1.165, 1.54) is 11.1 Å². The van der Waals surface area contributed by atoms with Crippen LogP contribution in [0.5, 0.6) is 0 Å². The van der Waals surface area contributed by atoms with E-state index in [0.717, 1.165) is 21.2 Å². The second-order valence-corrected chi connectivity index (χ2v) is 6.14. The van der Waals surface area contributed by atoms with Gasteiger partial charge in [0.15, 0.2) is 0 Å². The SMILES string of the molecule is CCc1ccccc1C(Cl)c1cc(C)c(Cl)s1. The summed E-state index contributed by atoms with van der Waals surface area (Å²) in [5, 5.41) is -0.0950. The standard InChI is InChI=1S/C14H14Cl2S/c1-3-10-6-4-5-7-11(10)13(15)12-8-9(2)14(16)17-12/h4-8,13H,3H2,1-2H3. The van der Waals surface area contributed by atoms with Gasteiger partial charge in [-0.25, -0.2) is 0 Å². The van der Waals surface area contributed by atoms with Crippen LogP contribution in [0.1, 0.15) is 33.9 Å². The summed E-state index contributed by atoms with van der Waals surface area (Å²) in [6.07, 6.45) is 0.998. The Balaban J connectivity index is 2.39. The first-order valence-corrected chi connectivity index (χ1v) is 7.24. The Morgan fingerprint density at radius 1 is 1.29 bits per heavy atom. The van der Waals surface area contributed by atoms with E-state index >= 15 is 0 Å². The molecule has 0 bridgehead atoms. The number of alkyl halides is 1. The molecular formula is C14H14Cl2S. The van der Waals surface area contributed by atoms with E-state index in [4.69, 9.17) is 23.2 Å². The van der Waals surface area contributed by atoms with E-state index in [2.05, 4.69) is 31.2 Å². The Hall–Kier alpha value is -0.500. The van der Waals surface area contributed by atoms with Gasteiger partial charge >= 0.3 is 0 Å². The van der Waals surface area contributed by atoms with Gasteiger partial charge in [0.2, 0.25) is 0 Å². The fraction of sp³-hybridized carbons (Fsp3) is 0.286. The number of hydrogen-bond acceptors (Lipinski definition) is 1. The third-order valence-electron chi connectivity index (χ3n) is 2.84. The van der Waals surface area contributed by atoms with Crippen molar-refractivity contribution in [1.82, 2.24) is 0 Å². The van der Waals surface area contributed by atoms with E-state index in [1.54, 1.807) is 11.3 Å². The van der Waals surface area contributed by atoms with Gasteiger partial charge in [-0.05, 0) is 36.1 Å². The Kier molecular flexibility index (Phi) is 4.13. The zero-order valence-electron chi connectivity index (χ0n) is 9.84. The number of halogens is 2. The molecule has 17 heavy (non-hydrogen) atoms. The fourth-order valence-electron chi connectivity index (χ4n) is 1.87. The van der Waals surface area contributed by atoms with Crippen LogP contribution in [0.15, 0.2) is 30.3 Å². The molecule has 1 heterocycles. The molecule has 0 amide bonds. The quantitative estimate of drug-likeness (QED) is 0.644. The maximum absolute atomic E-state index is 6.55. The van der Waals surface area contributed by atoms with Gasteiger partial charge in [-0.15, -0.1) is 22.9 Å². The highest BCUT2D eigenvalue weighted by Gasteiger charge is 2.17. The predicted octanol–water partition coefficient (Wildman–Crippen LogP) is 5.60. The summed E-state index contributed by atoms with van der Waals surface area (Å²) in [5.74, 6) is 0. The average Bonchev–Trinajstić information content (AvgIpc) is 2.68. The number of hydrogen-bond donors (Lipinski definition) is 0. The topological polar surface area (TPSA) is 0 Å². The van der Waals surface area contributed by atoms with Crippen LogP contribution >= 0.6 is 34.5 Å². The van der Waals surface area contributed by atoms with Gasteiger partial charge in [0, 0.05) is 4.88 Å². The Morgan fingerprint density at radius 3 is 2.59 bits per heavy atom. The van der Waals surface area contributed by atoms with Crippen LogP contribution in [0.2, 0.25) is 4.34 Å². The van der Waals surface area contributed by atoms with Crippen LogP contribution < -0.4 is 0 Å². The van der Waals surface area contributed by atoms with Gasteiger partial charge in [-0.1, -0.05) is 42.8 Å². The first-order chi connectivity index (χ1) is 8.13. The zero-order chi connectivity index (χ0) is 12.4. The van der Waals surface area contributed by atoms with Crippen LogP contribution in [0.3, 0.4) is 0 Å². The van der Waals surface area contributed by atoms with Crippen molar-refractivity contribution in [3.8, 4) is 0 Å². The maximum Gasteiger partial charge on any atom is 0.0960 e. The van der Waals surface area contributed by atoms with Crippen molar-refractivity contribution in [3.63, 3.8) is 0 Å². The maximum atomic E-state index is 6.55. The van der Waals surface area contributed by atoms with Crippen molar-refractivity contribution in [1.29, 1.82) is 0 Å². The number of rotatable bonds is 3. The third-order valence-corrected chi connectivity index (χ3v) is 5.05. The highest BCUT2D eigenvalue weighted by Crippen LogP contribution is 2.38. The molecule has 90 valence electrons. The summed E-state index contributed by atoms with van der Waals surface area (Å²) >= 11 is 14.2. The summed E-state index contributed by atoms with van der Waals surface area (Å²) in [5.41, 5.74) is 3.59. The predicted molar refractivity (Wildman–Crippen MR) is 77.6 cm³/mol. The molecule has 0 radical (unpaired) electrons. The summed E-state index contributed by atoms with van der Waals surface area (Å²) < 4.78 is 0.833. The van der Waals surface area contributed by atoms with Crippen molar-refractivity contribution in [2.75, 3.05) is 0 Å². The molecule has 1 unspecified atom stereocenters. The lowest BCUT2D eigenvalue weighted by Gasteiger charge is -2.12. The lowest BCUT2D eigenvalue weighted by molar-refractivity contribution is 1.05. The van der Waals surface area contributed by atoms with E-state index in [0.29, 0.717) is 0 Å². The Bertz CT molecular complexity index is 497. The molecule has 2 aromatic rings. The number of aryl methyl sites for hydroxylation is 2. The van der Waals surface area contributed by atoms with Gasteiger partial charge < -0.3 is 0 Å². The van der Waals surface area contributed by atoms with Crippen LogP contribution in [0, 0.1) is 6.92 Å². The van der Waals surface area contributed by atoms with Crippen molar-refractivity contribution in [2.45, 2.75) is 25.6 Å². The molecule has 0 aliphatic rings. The van der Waals surface area contributed by atoms with E-state index < -0.39 is 0 Å². The van der Waals surface area contributed by atoms with Crippen LogP contribution in [-0.2, 0) is 6.42 Å². The third kappa shape index (κ3) is 2.67. The molecule has 0 aliphatic heterocycles. The lowest BCUT2D eigenvalue weighted by Crippen LogP contribution is -1.96. The van der Waals surface area contributed by atoms with Crippen LogP contribution in [0.4, 0.5) is 0 Å². The molecule has 0 N–H and O–H groups in total. The lowest BCUT2D eigenvalue weighted by atomic mass is 10.0. The highest BCUT2D eigenvalue weighted by atomic mass is 35.5. The van der Waals surface area contributed by atoms with Crippen molar-refractivity contribution >= 4 is 34.5 Å². The van der Waals surface area contributed by atoms with Gasteiger partial charge in [0.1, 0.15) is 0 Å². The molecule has 1 atom stereocenters.